The summed E-state index contributed by atoms with van der Waals surface area (Å²) < 4.78 is 0. The smallest absolute Gasteiger partial charge is 0.188 e. The lowest BCUT2D eigenvalue weighted by Crippen LogP contribution is -2.02. The van der Waals surface area contributed by atoms with Gasteiger partial charge in [-0.1, -0.05) is 60.7 Å². The first-order valence-corrected chi connectivity index (χ1v) is 6.80. The van der Waals surface area contributed by atoms with Gasteiger partial charge in [0.2, 0.25) is 0 Å². The van der Waals surface area contributed by atoms with E-state index < -0.39 is 0 Å². The number of hydrogen-bond acceptors (Lipinski definition) is 1. The van der Waals surface area contributed by atoms with E-state index in [9.17, 15) is 5.11 Å². The third-order valence-electron chi connectivity index (χ3n) is 3.19. The highest BCUT2D eigenvalue weighted by Crippen LogP contribution is 2.24. The van der Waals surface area contributed by atoms with Gasteiger partial charge in [0.1, 0.15) is 0 Å². The van der Waals surface area contributed by atoms with Crippen molar-refractivity contribution in [3.8, 4) is 5.75 Å². The minimum absolute atomic E-state index is 0.0176. The highest BCUT2D eigenvalue weighted by Gasteiger charge is 2.12. The lowest BCUT2D eigenvalue weighted by molar-refractivity contribution is 0.354. The van der Waals surface area contributed by atoms with E-state index in [1.807, 2.05) is 72.8 Å². The average Bonchev–Trinajstić information content (AvgIpc) is 2.55. The van der Waals surface area contributed by atoms with E-state index in [-0.39, 0.29) is 5.75 Å². The highest BCUT2D eigenvalue weighted by atomic mass is 16.3. The molecule has 0 saturated carbocycles. The van der Waals surface area contributed by atoms with Gasteiger partial charge in [-0.3, -0.25) is 5.11 Å². The van der Waals surface area contributed by atoms with Gasteiger partial charge in [0, 0.05) is 11.1 Å². The van der Waals surface area contributed by atoms with Gasteiger partial charge in [0.25, 0.3) is 0 Å². The second kappa shape index (κ2) is 6.06. The molecule has 0 amide bonds. The van der Waals surface area contributed by atoms with Crippen LogP contribution in [0.5, 0.6) is 5.75 Å². The van der Waals surface area contributed by atoms with Gasteiger partial charge >= 0.3 is 0 Å². The van der Waals surface area contributed by atoms with Crippen LogP contribution in [0.3, 0.4) is 0 Å². The Morgan fingerprint density at radius 3 is 1.90 bits per heavy atom. The Bertz CT molecular complexity index is 749. The van der Waals surface area contributed by atoms with Crippen LogP contribution in [0.2, 0.25) is 0 Å². The lowest BCUT2D eigenvalue weighted by Gasteiger charge is -2.08. The molecule has 21 heavy (non-hydrogen) atoms. The number of hydrogen-bond donors (Lipinski definition) is 0. The summed E-state index contributed by atoms with van der Waals surface area (Å²) in [5, 5.41) is 12.1. The van der Waals surface area contributed by atoms with Crippen LogP contribution < -0.4 is 0 Å². The van der Waals surface area contributed by atoms with E-state index in [0.717, 1.165) is 11.3 Å². The number of rotatable bonds is 3. The number of nitrogens with zero attached hydrogens (tertiary/aromatic N) is 1. The largest absolute Gasteiger partial charge is 0.289 e. The molecule has 0 bridgehead atoms. The Balaban J connectivity index is 2.17. The predicted octanol–water partition coefficient (Wildman–Crippen LogP) is 5.00. The average molecular weight is 272 g/mol. The first-order chi connectivity index (χ1) is 10.3. The summed E-state index contributed by atoms with van der Waals surface area (Å²) >= 11 is 0. The molecule has 0 aliphatic carbocycles. The zero-order valence-corrected chi connectivity index (χ0v) is 11.4. The van der Waals surface area contributed by atoms with E-state index >= 15 is 0 Å². The second-order valence-electron chi connectivity index (χ2n) is 4.66. The molecule has 2 heteroatoms. The first kappa shape index (κ1) is 13.1. The van der Waals surface area contributed by atoms with Crippen molar-refractivity contribution in [2.24, 2.45) is 4.99 Å². The molecule has 0 aliphatic rings. The minimum Gasteiger partial charge on any atom is -0.289 e. The van der Waals surface area contributed by atoms with Crippen molar-refractivity contribution in [2.45, 2.75) is 0 Å². The fourth-order valence-electron chi connectivity index (χ4n) is 2.17. The van der Waals surface area contributed by atoms with E-state index in [1.54, 1.807) is 12.1 Å². The Labute approximate surface area is 124 Å². The molecule has 0 spiro atoms. The van der Waals surface area contributed by atoms with Gasteiger partial charge in [0.15, 0.2) is 5.75 Å². The van der Waals surface area contributed by atoms with Crippen molar-refractivity contribution < 1.29 is 5.11 Å². The Hall–Kier alpha value is -2.87. The summed E-state index contributed by atoms with van der Waals surface area (Å²) in [5.74, 6) is -0.0176. The van der Waals surface area contributed by atoms with Crippen molar-refractivity contribution in [3.05, 3.63) is 96.1 Å². The van der Waals surface area contributed by atoms with Crippen LogP contribution in [0, 0.1) is 0 Å². The molecule has 0 unspecified atom stereocenters. The molecule has 0 aliphatic heterocycles. The normalized spacial score (nSPS) is 11.3. The Morgan fingerprint density at radius 2 is 1.24 bits per heavy atom. The third-order valence-corrected chi connectivity index (χ3v) is 3.19. The number of benzene rings is 3. The molecule has 0 atom stereocenters. The molecule has 3 aromatic carbocycles. The Morgan fingerprint density at radius 1 is 0.667 bits per heavy atom. The number of aliphatic imine (C=N–C) groups is 1. The maximum atomic E-state index is 12.1. The van der Waals surface area contributed by atoms with Crippen LogP contribution in [0.25, 0.3) is 0 Å². The Kier molecular flexibility index (Phi) is 3.79. The van der Waals surface area contributed by atoms with Crippen LogP contribution in [-0.2, 0) is 5.11 Å². The van der Waals surface area contributed by atoms with Crippen molar-refractivity contribution >= 4 is 11.4 Å². The third kappa shape index (κ3) is 3.00. The zero-order valence-electron chi connectivity index (χ0n) is 11.4. The topological polar surface area (TPSA) is 32.3 Å². The molecule has 0 saturated heterocycles. The molecule has 0 fully saturated rings. The molecule has 0 heterocycles. The zero-order chi connectivity index (χ0) is 14.5. The number of para-hydroxylation sites is 2. The van der Waals surface area contributed by atoms with E-state index in [0.29, 0.717) is 11.3 Å². The van der Waals surface area contributed by atoms with Gasteiger partial charge in [-0.15, -0.1) is 0 Å². The van der Waals surface area contributed by atoms with E-state index in [2.05, 4.69) is 4.99 Å². The molecular weight excluding hydrogens is 258 g/mol. The van der Waals surface area contributed by atoms with Crippen molar-refractivity contribution in [1.29, 1.82) is 0 Å². The van der Waals surface area contributed by atoms with E-state index in [1.165, 1.54) is 0 Å². The van der Waals surface area contributed by atoms with Crippen molar-refractivity contribution in [2.75, 3.05) is 0 Å². The SMILES string of the molecule is [O]c1ccccc1C(=Nc1ccccc1)c1ccccc1. The molecular formula is C19H14NO. The van der Waals surface area contributed by atoms with Gasteiger partial charge in [-0.2, -0.15) is 0 Å². The monoisotopic (exact) mass is 272 g/mol. The van der Waals surface area contributed by atoms with Gasteiger partial charge < -0.3 is 0 Å². The molecule has 0 aromatic heterocycles. The molecule has 1 radical (unpaired) electrons. The standard InChI is InChI=1S/C19H14NO/c21-18-14-8-7-13-17(18)19(15-9-3-1-4-10-15)20-16-11-5-2-6-12-16/h1-14H. The maximum absolute atomic E-state index is 12.1. The quantitative estimate of drug-likeness (QED) is 0.601. The van der Waals surface area contributed by atoms with Crippen LogP contribution in [0.15, 0.2) is 89.9 Å². The van der Waals surface area contributed by atoms with Crippen LogP contribution in [-0.4, -0.2) is 5.71 Å². The fourth-order valence-corrected chi connectivity index (χ4v) is 2.17. The van der Waals surface area contributed by atoms with Gasteiger partial charge in [-0.05, 0) is 24.3 Å². The summed E-state index contributed by atoms with van der Waals surface area (Å²) in [6.07, 6.45) is 0. The van der Waals surface area contributed by atoms with Gasteiger partial charge in [0.05, 0.1) is 11.4 Å². The lowest BCUT2D eigenvalue weighted by atomic mass is 10.0. The summed E-state index contributed by atoms with van der Waals surface area (Å²) in [6.45, 7) is 0. The summed E-state index contributed by atoms with van der Waals surface area (Å²) in [6, 6.07) is 26.4. The summed E-state index contributed by atoms with van der Waals surface area (Å²) in [5.41, 5.74) is 3.09. The van der Waals surface area contributed by atoms with Crippen LogP contribution in [0.4, 0.5) is 5.69 Å². The van der Waals surface area contributed by atoms with Crippen LogP contribution in [0.1, 0.15) is 11.1 Å². The van der Waals surface area contributed by atoms with Gasteiger partial charge in [-0.25, -0.2) is 4.99 Å². The maximum Gasteiger partial charge on any atom is 0.188 e. The minimum atomic E-state index is -0.0176. The highest BCUT2D eigenvalue weighted by molar-refractivity contribution is 6.15. The van der Waals surface area contributed by atoms with Crippen LogP contribution >= 0.6 is 0 Å². The summed E-state index contributed by atoms with van der Waals surface area (Å²) in [4.78, 5) is 4.68. The predicted molar refractivity (Wildman–Crippen MR) is 84.8 cm³/mol. The van der Waals surface area contributed by atoms with Crippen molar-refractivity contribution in [3.63, 3.8) is 0 Å². The summed E-state index contributed by atoms with van der Waals surface area (Å²) in [7, 11) is 0. The fraction of sp³-hybridized carbons (Fsp3) is 0. The molecule has 3 rings (SSSR count). The first-order valence-electron chi connectivity index (χ1n) is 6.80. The molecule has 3 aromatic rings. The van der Waals surface area contributed by atoms with E-state index in [4.69, 9.17) is 0 Å². The van der Waals surface area contributed by atoms with Crippen molar-refractivity contribution in [1.82, 2.24) is 0 Å². The molecule has 101 valence electrons. The molecule has 2 nitrogen and oxygen atoms in total. The second-order valence-corrected chi connectivity index (χ2v) is 4.66. The molecule has 0 N–H and O–H groups in total.